The molecule has 0 aliphatic heterocycles. The fourth-order valence-corrected chi connectivity index (χ4v) is 2.27. The first-order chi connectivity index (χ1) is 8.34. The van der Waals surface area contributed by atoms with Crippen LogP contribution in [0.3, 0.4) is 0 Å². The van der Waals surface area contributed by atoms with Gasteiger partial charge in [0.1, 0.15) is 6.54 Å². The van der Waals surface area contributed by atoms with E-state index in [1.165, 1.54) is 24.8 Å². The molecule has 0 saturated heterocycles. The molecule has 0 unspecified atom stereocenters. The topological polar surface area (TPSA) is 46.2 Å². The molecule has 0 heterocycles. The monoisotopic (exact) mass is 233 g/mol. The number of benzene rings is 1. The molecular weight excluding hydrogens is 212 g/mol. The highest BCUT2D eigenvalue weighted by molar-refractivity contribution is 5.64. The molecule has 1 aromatic carbocycles. The first kappa shape index (κ1) is 12.0. The van der Waals surface area contributed by atoms with Crippen molar-refractivity contribution in [1.29, 1.82) is 0 Å². The molecule has 1 aliphatic carbocycles. The Balaban J connectivity index is 1.80. The van der Waals surface area contributed by atoms with Gasteiger partial charge in [-0.3, -0.25) is 0 Å². The lowest BCUT2D eigenvalue weighted by Gasteiger charge is -2.17. The van der Waals surface area contributed by atoms with Gasteiger partial charge in [0.15, 0.2) is 0 Å². The Bertz CT molecular complexity index is 356. The van der Waals surface area contributed by atoms with E-state index in [4.69, 9.17) is 0 Å². The van der Waals surface area contributed by atoms with Crippen molar-refractivity contribution < 1.29 is 10.1 Å². The van der Waals surface area contributed by atoms with E-state index in [0.29, 0.717) is 12.6 Å². The Labute approximate surface area is 103 Å². The molecule has 1 aromatic rings. The van der Waals surface area contributed by atoms with E-state index < -0.39 is 0 Å². The van der Waals surface area contributed by atoms with Crippen LogP contribution in [0.2, 0.25) is 0 Å². The van der Waals surface area contributed by atoms with Crippen LogP contribution in [0.5, 0.6) is 0 Å². The van der Waals surface area contributed by atoms with Crippen molar-refractivity contribution in [2.45, 2.75) is 44.7 Å². The molecule has 0 aromatic heterocycles. The fraction of sp³-hybridized carbons (Fsp3) is 0.500. The van der Waals surface area contributed by atoms with E-state index in [9.17, 15) is 5.11 Å². The molecule has 3 N–H and O–H groups in total. The zero-order chi connectivity index (χ0) is 11.9. The van der Waals surface area contributed by atoms with Crippen LogP contribution >= 0.6 is 0 Å². The first-order valence-electron chi connectivity index (χ1n) is 6.45. The van der Waals surface area contributed by atoms with Gasteiger partial charge in [0, 0.05) is 0 Å². The minimum absolute atomic E-state index is 0.209. The van der Waals surface area contributed by atoms with Crippen molar-refractivity contribution in [1.82, 2.24) is 5.32 Å². The van der Waals surface area contributed by atoms with Crippen LogP contribution in [0.15, 0.2) is 30.3 Å². The minimum Gasteiger partial charge on any atom is -0.447 e. The molecule has 0 spiro atoms. The molecular formula is C14H21N2O+. The number of aliphatic hydroxyl groups is 1. The third-order valence-electron chi connectivity index (χ3n) is 3.25. The number of amidine groups is 1. The van der Waals surface area contributed by atoms with Crippen LogP contribution in [0.1, 0.15) is 37.7 Å². The predicted octanol–water partition coefficient (Wildman–Crippen LogP) is 1.10. The van der Waals surface area contributed by atoms with E-state index >= 15 is 0 Å². The zero-order valence-corrected chi connectivity index (χ0v) is 10.2. The Hall–Kier alpha value is -1.51. The Morgan fingerprint density at radius 2 is 1.88 bits per heavy atom. The van der Waals surface area contributed by atoms with Crippen LogP contribution < -0.4 is 10.3 Å². The highest BCUT2D eigenvalue weighted by Gasteiger charge is 2.18. The van der Waals surface area contributed by atoms with Gasteiger partial charge in [-0.1, -0.05) is 36.8 Å². The third-order valence-corrected chi connectivity index (χ3v) is 3.25. The van der Waals surface area contributed by atoms with E-state index in [2.05, 4.69) is 10.3 Å². The minimum atomic E-state index is 0.209. The lowest BCUT2D eigenvalue weighted by molar-refractivity contribution is -0.487. The first-order valence-corrected chi connectivity index (χ1v) is 6.45. The lowest BCUT2D eigenvalue weighted by atomic mass is 9.96. The molecule has 1 aliphatic rings. The SMILES string of the molecule is OC(NC1CCCCC1)=[NH+]Cc1ccccc1. The smallest absolute Gasteiger partial charge is 0.439 e. The van der Waals surface area contributed by atoms with Crippen LogP contribution in [-0.4, -0.2) is 17.2 Å². The summed E-state index contributed by atoms with van der Waals surface area (Å²) in [5, 5.41) is 12.9. The van der Waals surface area contributed by atoms with Gasteiger partial charge in [-0.05, 0) is 31.2 Å². The predicted molar refractivity (Wildman–Crippen MR) is 68.8 cm³/mol. The number of rotatable bonds is 3. The Morgan fingerprint density at radius 3 is 2.59 bits per heavy atom. The summed E-state index contributed by atoms with van der Waals surface area (Å²) in [6, 6.07) is 10.7. The normalized spacial score (nSPS) is 18.0. The van der Waals surface area contributed by atoms with Crippen molar-refractivity contribution in [2.24, 2.45) is 0 Å². The Morgan fingerprint density at radius 1 is 1.18 bits per heavy atom. The largest absolute Gasteiger partial charge is 0.447 e. The molecule has 17 heavy (non-hydrogen) atoms. The molecule has 3 nitrogen and oxygen atoms in total. The maximum absolute atomic E-state index is 9.76. The number of nitrogens with one attached hydrogen (secondary N) is 2. The molecule has 0 amide bonds. The highest BCUT2D eigenvalue weighted by Crippen LogP contribution is 2.16. The second-order valence-electron chi connectivity index (χ2n) is 4.67. The second kappa shape index (κ2) is 6.28. The van der Waals surface area contributed by atoms with E-state index in [1.54, 1.807) is 0 Å². The summed E-state index contributed by atoms with van der Waals surface area (Å²) in [6.45, 7) is 0.659. The Kier molecular flexibility index (Phi) is 4.42. The third kappa shape index (κ3) is 4.10. The summed E-state index contributed by atoms with van der Waals surface area (Å²) in [4.78, 5) is 3.01. The molecule has 0 atom stereocenters. The maximum Gasteiger partial charge on any atom is 0.439 e. The molecule has 0 radical (unpaired) electrons. The van der Waals surface area contributed by atoms with Crippen molar-refractivity contribution >= 4 is 6.02 Å². The van der Waals surface area contributed by atoms with Gasteiger partial charge >= 0.3 is 6.02 Å². The molecule has 2 rings (SSSR count). The van der Waals surface area contributed by atoms with Crippen molar-refractivity contribution in [3.63, 3.8) is 0 Å². The maximum atomic E-state index is 9.76. The summed E-state index contributed by atoms with van der Waals surface area (Å²) < 4.78 is 0. The summed E-state index contributed by atoms with van der Waals surface area (Å²) in [5.74, 6) is 0. The highest BCUT2D eigenvalue weighted by atomic mass is 16.3. The molecule has 92 valence electrons. The average molecular weight is 233 g/mol. The van der Waals surface area contributed by atoms with Crippen molar-refractivity contribution in [3.05, 3.63) is 35.9 Å². The van der Waals surface area contributed by atoms with Gasteiger partial charge in [-0.15, -0.1) is 0 Å². The van der Waals surface area contributed by atoms with Crippen molar-refractivity contribution in [2.75, 3.05) is 0 Å². The fourth-order valence-electron chi connectivity index (χ4n) is 2.27. The second-order valence-corrected chi connectivity index (χ2v) is 4.67. The van der Waals surface area contributed by atoms with Gasteiger partial charge < -0.3 is 5.11 Å². The molecule has 1 fully saturated rings. The van der Waals surface area contributed by atoms with Crippen molar-refractivity contribution in [3.8, 4) is 0 Å². The summed E-state index contributed by atoms with van der Waals surface area (Å²) in [5.41, 5.74) is 1.17. The zero-order valence-electron chi connectivity index (χ0n) is 10.2. The quantitative estimate of drug-likeness (QED) is 0.541. The molecule has 0 bridgehead atoms. The number of hydrogen-bond acceptors (Lipinski definition) is 0. The van der Waals surface area contributed by atoms with Gasteiger partial charge in [-0.25, -0.2) is 10.3 Å². The van der Waals surface area contributed by atoms with Crippen LogP contribution in [0.25, 0.3) is 0 Å². The van der Waals surface area contributed by atoms with Gasteiger partial charge in [0.05, 0.1) is 6.04 Å². The number of hydrogen-bond donors (Lipinski definition) is 3. The molecule has 1 saturated carbocycles. The van der Waals surface area contributed by atoms with Gasteiger partial charge in [0.2, 0.25) is 0 Å². The standard InChI is InChI=1S/C14H20N2O/c17-14(16-13-9-5-2-6-10-13)15-11-12-7-3-1-4-8-12/h1,3-4,7-8,13H,2,5-6,9-11H2,(H2,15,16,17)/p+1. The van der Waals surface area contributed by atoms with Crippen LogP contribution in [0, 0.1) is 0 Å². The average Bonchev–Trinajstić information content (AvgIpc) is 2.39. The lowest BCUT2D eigenvalue weighted by Crippen LogP contribution is -2.75. The summed E-state index contributed by atoms with van der Waals surface area (Å²) >= 11 is 0. The molecule has 3 heteroatoms. The van der Waals surface area contributed by atoms with Crippen LogP contribution in [0.4, 0.5) is 0 Å². The summed E-state index contributed by atoms with van der Waals surface area (Å²) in [6.07, 6.45) is 6.19. The van der Waals surface area contributed by atoms with E-state index in [-0.39, 0.29) is 6.02 Å². The summed E-state index contributed by atoms with van der Waals surface area (Å²) in [7, 11) is 0. The van der Waals surface area contributed by atoms with Gasteiger partial charge in [-0.2, -0.15) is 0 Å². The van der Waals surface area contributed by atoms with Gasteiger partial charge in [0.25, 0.3) is 0 Å². The van der Waals surface area contributed by atoms with E-state index in [0.717, 1.165) is 12.8 Å². The number of aliphatic hydroxyl groups excluding tert-OH is 1. The van der Waals surface area contributed by atoms with Crippen LogP contribution in [-0.2, 0) is 6.54 Å². The van der Waals surface area contributed by atoms with E-state index in [1.807, 2.05) is 30.3 Å².